The zero-order valence-electron chi connectivity index (χ0n) is 15.6. The fourth-order valence-corrected chi connectivity index (χ4v) is 3.48. The molecule has 1 N–H and O–H groups in total. The van der Waals surface area contributed by atoms with E-state index in [1.54, 1.807) is 0 Å². The van der Waals surface area contributed by atoms with Crippen molar-refractivity contribution in [1.82, 2.24) is 5.32 Å². The van der Waals surface area contributed by atoms with Crippen molar-refractivity contribution in [3.63, 3.8) is 0 Å². The van der Waals surface area contributed by atoms with Crippen molar-refractivity contribution in [2.24, 2.45) is 0 Å². The van der Waals surface area contributed by atoms with E-state index in [4.69, 9.17) is 9.47 Å². The number of carbonyl (C=O) groups excluding carboxylic acids is 1. The van der Waals surface area contributed by atoms with Crippen LogP contribution in [0, 0.1) is 0 Å². The van der Waals surface area contributed by atoms with Gasteiger partial charge in [-0.2, -0.15) is 0 Å². The second kappa shape index (κ2) is 8.75. The maximum absolute atomic E-state index is 12.0. The predicted molar refractivity (Wildman–Crippen MR) is 103 cm³/mol. The molecule has 138 valence electrons. The number of fused-ring (bicyclic) bond motifs is 1. The van der Waals surface area contributed by atoms with E-state index in [0.29, 0.717) is 13.2 Å². The number of aryl methyl sites for hydroxylation is 1. The third-order valence-corrected chi connectivity index (χ3v) is 4.70. The van der Waals surface area contributed by atoms with Gasteiger partial charge in [0.05, 0.1) is 19.3 Å². The molecule has 4 nitrogen and oxygen atoms in total. The molecule has 1 aliphatic heterocycles. The van der Waals surface area contributed by atoms with Gasteiger partial charge in [0.15, 0.2) is 11.5 Å². The van der Waals surface area contributed by atoms with E-state index in [-0.39, 0.29) is 11.9 Å². The summed E-state index contributed by atoms with van der Waals surface area (Å²) in [5.41, 5.74) is 3.22. The zero-order chi connectivity index (χ0) is 18.4. The fraction of sp³-hybridized carbons (Fsp3) is 0.409. The van der Waals surface area contributed by atoms with E-state index in [2.05, 4.69) is 23.5 Å². The predicted octanol–water partition coefficient (Wildman–Crippen LogP) is 4.68. The van der Waals surface area contributed by atoms with Crippen molar-refractivity contribution in [3.05, 3.63) is 59.2 Å². The van der Waals surface area contributed by atoms with E-state index in [9.17, 15) is 4.79 Å². The smallest absolute Gasteiger partial charge is 0.252 e. The maximum atomic E-state index is 12.0. The normalized spacial score (nSPS) is 15.5. The highest BCUT2D eigenvalue weighted by Gasteiger charge is 2.27. The van der Waals surface area contributed by atoms with Gasteiger partial charge < -0.3 is 14.8 Å². The summed E-state index contributed by atoms with van der Waals surface area (Å²) in [6.45, 7) is 5.22. The molecule has 4 heteroatoms. The van der Waals surface area contributed by atoms with Crippen LogP contribution >= 0.6 is 0 Å². The molecule has 1 atom stereocenters. The largest absolute Gasteiger partial charge is 0.490 e. The molecule has 1 aliphatic rings. The standard InChI is InChI=1S/C22H27NO3/c1-3-25-20-14-13-16(15-21(20)26-4-2)9-5-8-12-19-17-10-6-7-11-18(17)22(24)23-19/h6-7,10-11,13-15,19H,3-5,8-9,12H2,1-2H3,(H,23,24). The minimum atomic E-state index is 0.0541. The Morgan fingerprint density at radius 3 is 2.54 bits per heavy atom. The monoisotopic (exact) mass is 353 g/mol. The summed E-state index contributed by atoms with van der Waals surface area (Å²) in [4.78, 5) is 12.0. The number of unbranched alkanes of at least 4 members (excludes halogenated alkanes) is 1. The molecular weight excluding hydrogens is 326 g/mol. The van der Waals surface area contributed by atoms with Crippen molar-refractivity contribution >= 4 is 5.91 Å². The molecule has 2 aromatic rings. The number of hydrogen-bond acceptors (Lipinski definition) is 3. The van der Waals surface area contributed by atoms with Crippen LogP contribution in [0.15, 0.2) is 42.5 Å². The molecule has 3 rings (SSSR count). The van der Waals surface area contributed by atoms with Crippen LogP contribution in [-0.2, 0) is 6.42 Å². The van der Waals surface area contributed by atoms with Gasteiger partial charge in [0, 0.05) is 5.56 Å². The highest BCUT2D eigenvalue weighted by Crippen LogP contribution is 2.31. The molecule has 0 spiro atoms. The van der Waals surface area contributed by atoms with Gasteiger partial charge in [0.25, 0.3) is 5.91 Å². The van der Waals surface area contributed by atoms with E-state index in [0.717, 1.165) is 48.3 Å². The second-order valence-electron chi connectivity index (χ2n) is 6.51. The second-order valence-corrected chi connectivity index (χ2v) is 6.51. The molecule has 0 aliphatic carbocycles. The Morgan fingerprint density at radius 2 is 1.73 bits per heavy atom. The van der Waals surface area contributed by atoms with Gasteiger partial charge in [-0.15, -0.1) is 0 Å². The summed E-state index contributed by atoms with van der Waals surface area (Å²) >= 11 is 0. The lowest BCUT2D eigenvalue weighted by Gasteiger charge is -2.13. The van der Waals surface area contributed by atoms with E-state index in [1.165, 1.54) is 5.56 Å². The van der Waals surface area contributed by atoms with Crippen LogP contribution in [0.1, 0.15) is 60.6 Å². The first kappa shape index (κ1) is 18.3. The highest BCUT2D eigenvalue weighted by molar-refractivity contribution is 5.99. The minimum Gasteiger partial charge on any atom is -0.490 e. The number of nitrogens with one attached hydrogen (secondary N) is 1. The minimum absolute atomic E-state index is 0.0541. The Kier molecular flexibility index (Phi) is 6.16. The summed E-state index contributed by atoms with van der Waals surface area (Å²) < 4.78 is 11.3. The summed E-state index contributed by atoms with van der Waals surface area (Å²) in [6, 6.07) is 14.2. The van der Waals surface area contributed by atoms with Crippen LogP contribution in [0.3, 0.4) is 0 Å². The summed E-state index contributed by atoms with van der Waals surface area (Å²) in [5.74, 6) is 1.69. The number of carbonyl (C=O) groups is 1. The van der Waals surface area contributed by atoms with Crippen LogP contribution in [0.2, 0.25) is 0 Å². The maximum Gasteiger partial charge on any atom is 0.252 e. The molecule has 1 amide bonds. The van der Waals surface area contributed by atoms with E-state index in [1.807, 2.05) is 38.1 Å². The van der Waals surface area contributed by atoms with Crippen LogP contribution in [0.25, 0.3) is 0 Å². The average Bonchev–Trinajstić information content (AvgIpc) is 2.97. The Hall–Kier alpha value is -2.49. The highest BCUT2D eigenvalue weighted by atomic mass is 16.5. The van der Waals surface area contributed by atoms with Gasteiger partial charge in [0.2, 0.25) is 0 Å². The van der Waals surface area contributed by atoms with Crippen molar-refractivity contribution in [2.45, 2.75) is 45.6 Å². The van der Waals surface area contributed by atoms with Crippen LogP contribution in [0.4, 0.5) is 0 Å². The molecule has 1 unspecified atom stereocenters. The van der Waals surface area contributed by atoms with Crippen LogP contribution < -0.4 is 14.8 Å². The molecule has 2 aromatic carbocycles. The molecular formula is C22H27NO3. The SMILES string of the molecule is CCOc1ccc(CCCCC2NC(=O)c3ccccc32)cc1OCC. The lowest BCUT2D eigenvalue weighted by atomic mass is 9.99. The first-order valence-corrected chi connectivity index (χ1v) is 9.51. The Balaban J connectivity index is 1.53. The first-order valence-electron chi connectivity index (χ1n) is 9.51. The number of ether oxygens (including phenoxy) is 2. The van der Waals surface area contributed by atoms with Crippen molar-refractivity contribution in [1.29, 1.82) is 0 Å². The molecule has 0 aromatic heterocycles. The Bertz CT molecular complexity index is 757. The molecule has 0 fully saturated rings. The number of rotatable bonds is 9. The van der Waals surface area contributed by atoms with Crippen molar-refractivity contribution in [3.8, 4) is 11.5 Å². The first-order chi connectivity index (χ1) is 12.7. The van der Waals surface area contributed by atoms with Crippen LogP contribution in [-0.4, -0.2) is 19.1 Å². The van der Waals surface area contributed by atoms with Gasteiger partial charge in [-0.1, -0.05) is 30.7 Å². The third-order valence-electron chi connectivity index (χ3n) is 4.70. The van der Waals surface area contributed by atoms with Crippen molar-refractivity contribution in [2.75, 3.05) is 13.2 Å². The van der Waals surface area contributed by atoms with Crippen LogP contribution in [0.5, 0.6) is 11.5 Å². The van der Waals surface area contributed by atoms with E-state index < -0.39 is 0 Å². The molecule has 0 radical (unpaired) electrons. The topological polar surface area (TPSA) is 47.6 Å². The van der Waals surface area contributed by atoms with Crippen molar-refractivity contribution < 1.29 is 14.3 Å². The summed E-state index contributed by atoms with van der Waals surface area (Å²) in [7, 11) is 0. The summed E-state index contributed by atoms with van der Waals surface area (Å²) in [5, 5.41) is 3.09. The molecule has 26 heavy (non-hydrogen) atoms. The van der Waals surface area contributed by atoms with E-state index >= 15 is 0 Å². The molecule has 0 saturated carbocycles. The van der Waals surface area contributed by atoms with Gasteiger partial charge in [-0.3, -0.25) is 4.79 Å². The Labute approximate surface area is 155 Å². The van der Waals surface area contributed by atoms with Gasteiger partial charge in [-0.05, 0) is 62.4 Å². The van der Waals surface area contributed by atoms with Gasteiger partial charge in [0.1, 0.15) is 0 Å². The lowest BCUT2D eigenvalue weighted by molar-refractivity contribution is 0.0954. The van der Waals surface area contributed by atoms with Gasteiger partial charge >= 0.3 is 0 Å². The lowest BCUT2D eigenvalue weighted by Crippen LogP contribution is -2.18. The third kappa shape index (κ3) is 4.18. The summed E-state index contributed by atoms with van der Waals surface area (Å²) in [6.07, 6.45) is 4.11. The quantitative estimate of drug-likeness (QED) is 0.666. The fourth-order valence-electron chi connectivity index (χ4n) is 3.48. The number of hydrogen-bond donors (Lipinski definition) is 1. The molecule has 1 heterocycles. The average molecular weight is 353 g/mol. The molecule has 0 bridgehead atoms. The number of amides is 1. The Morgan fingerprint density at radius 1 is 0.962 bits per heavy atom. The molecule has 0 saturated heterocycles. The zero-order valence-corrected chi connectivity index (χ0v) is 15.6. The van der Waals surface area contributed by atoms with Gasteiger partial charge in [-0.25, -0.2) is 0 Å². The number of benzene rings is 2.